The third kappa shape index (κ3) is 12.7. The maximum atomic E-state index is 6.92. The lowest BCUT2D eigenvalue weighted by atomic mass is 9.91. The van der Waals surface area contributed by atoms with E-state index in [2.05, 4.69) is 89.8 Å². The zero-order chi connectivity index (χ0) is 19.7. The molecule has 0 aliphatic carbocycles. The van der Waals surface area contributed by atoms with Crippen molar-refractivity contribution in [1.82, 2.24) is 19.6 Å². The molecule has 0 N–H and O–H groups in total. The highest BCUT2D eigenvalue weighted by Crippen LogP contribution is 2.32. The fourth-order valence-corrected chi connectivity index (χ4v) is 2.89. The van der Waals surface area contributed by atoms with Crippen LogP contribution in [0.3, 0.4) is 0 Å². The molecular formula is C20H46N4O. The van der Waals surface area contributed by atoms with Gasteiger partial charge in [-0.15, -0.1) is 0 Å². The van der Waals surface area contributed by atoms with Crippen molar-refractivity contribution in [3.63, 3.8) is 0 Å². The molecule has 0 bridgehead atoms. The van der Waals surface area contributed by atoms with Gasteiger partial charge in [0, 0.05) is 26.2 Å². The smallest absolute Gasteiger partial charge is 0.0686 e. The van der Waals surface area contributed by atoms with Crippen molar-refractivity contribution in [3.05, 3.63) is 0 Å². The summed E-state index contributed by atoms with van der Waals surface area (Å²) in [7, 11) is 17.1. The number of rotatable bonds is 14. The Balaban J connectivity index is 5.16. The first-order valence-corrected chi connectivity index (χ1v) is 9.67. The molecule has 0 aromatic rings. The summed E-state index contributed by atoms with van der Waals surface area (Å²) < 4.78 is 6.92. The number of ether oxygens (including phenoxy) is 1. The molecule has 0 radical (unpaired) electrons. The average molecular weight is 359 g/mol. The fourth-order valence-electron chi connectivity index (χ4n) is 2.89. The van der Waals surface area contributed by atoms with Crippen molar-refractivity contribution in [3.8, 4) is 0 Å². The summed E-state index contributed by atoms with van der Waals surface area (Å²) in [6.07, 6.45) is 4.25. The Kier molecular flexibility index (Phi) is 11.4. The van der Waals surface area contributed by atoms with Crippen molar-refractivity contribution >= 4 is 0 Å². The Hall–Kier alpha value is -0.200. The number of hydrogen-bond acceptors (Lipinski definition) is 5. The van der Waals surface area contributed by atoms with Crippen molar-refractivity contribution in [2.45, 2.75) is 50.7 Å². The molecule has 5 heteroatoms. The van der Waals surface area contributed by atoms with Gasteiger partial charge in [0.25, 0.3) is 0 Å². The minimum absolute atomic E-state index is 0.0953. The third-order valence-corrected chi connectivity index (χ3v) is 4.84. The van der Waals surface area contributed by atoms with E-state index in [0.717, 1.165) is 51.9 Å². The second-order valence-electron chi connectivity index (χ2n) is 9.21. The van der Waals surface area contributed by atoms with Crippen molar-refractivity contribution in [1.29, 1.82) is 0 Å². The summed E-state index contributed by atoms with van der Waals surface area (Å²) in [5.74, 6) is 0. The van der Waals surface area contributed by atoms with Gasteiger partial charge in [0.1, 0.15) is 0 Å². The van der Waals surface area contributed by atoms with E-state index in [1.807, 2.05) is 0 Å². The van der Waals surface area contributed by atoms with Crippen LogP contribution in [0.4, 0.5) is 0 Å². The normalized spacial score (nSPS) is 13.7. The van der Waals surface area contributed by atoms with Crippen LogP contribution in [0.1, 0.15) is 39.5 Å². The fraction of sp³-hybridized carbons (Fsp3) is 1.00. The first-order valence-electron chi connectivity index (χ1n) is 9.67. The molecule has 0 aromatic heterocycles. The zero-order valence-corrected chi connectivity index (χ0v) is 18.9. The van der Waals surface area contributed by atoms with E-state index >= 15 is 0 Å². The van der Waals surface area contributed by atoms with Gasteiger partial charge < -0.3 is 24.3 Å². The quantitative estimate of drug-likeness (QED) is 0.474. The third-order valence-electron chi connectivity index (χ3n) is 4.84. The standard InChI is InChI=1S/C20H46N4O/c1-19(11-15-21(3)4,12-16-22(5)6)25-20(2,13-17-23(7)8)14-18-24(9)10/h11-18H2,1-10H3. The molecule has 0 fully saturated rings. The van der Waals surface area contributed by atoms with Crippen LogP contribution in [0, 0.1) is 0 Å². The van der Waals surface area contributed by atoms with Crippen molar-refractivity contribution in [2.75, 3.05) is 82.6 Å². The Morgan fingerprint density at radius 1 is 0.480 bits per heavy atom. The summed E-state index contributed by atoms with van der Waals surface area (Å²) in [4.78, 5) is 9.03. The van der Waals surface area contributed by atoms with E-state index in [9.17, 15) is 0 Å². The van der Waals surface area contributed by atoms with Gasteiger partial charge in [-0.3, -0.25) is 0 Å². The second-order valence-corrected chi connectivity index (χ2v) is 9.21. The molecule has 0 spiro atoms. The molecular weight excluding hydrogens is 312 g/mol. The lowest BCUT2D eigenvalue weighted by Gasteiger charge is -2.43. The van der Waals surface area contributed by atoms with E-state index < -0.39 is 0 Å². The van der Waals surface area contributed by atoms with E-state index in [1.165, 1.54) is 0 Å². The largest absolute Gasteiger partial charge is 0.369 e. The van der Waals surface area contributed by atoms with Gasteiger partial charge in [0.2, 0.25) is 0 Å². The van der Waals surface area contributed by atoms with Gasteiger partial charge in [0.05, 0.1) is 11.2 Å². The topological polar surface area (TPSA) is 22.2 Å². The summed E-state index contributed by atoms with van der Waals surface area (Å²) in [6, 6.07) is 0. The summed E-state index contributed by atoms with van der Waals surface area (Å²) >= 11 is 0. The zero-order valence-electron chi connectivity index (χ0n) is 18.9. The van der Waals surface area contributed by atoms with Gasteiger partial charge in [-0.1, -0.05) is 0 Å². The molecule has 0 amide bonds. The lowest BCUT2D eigenvalue weighted by Crippen LogP contribution is -2.46. The summed E-state index contributed by atoms with van der Waals surface area (Å²) in [5.41, 5.74) is -0.191. The number of hydrogen-bond donors (Lipinski definition) is 0. The minimum Gasteiger partial charge on any atom is -0.369 e. The van der Waals surface area contributed by atoms with Gasteiger partial charge >= 0.3 is 0 Å². The second kappa shape index (κ2) is 11.5. The minimum atomic E-state index is -0.0953. The highest BCUT2D eigenvalue weighted by atomic mass is 16.5. The van der Waals surface area contributed by atoms with E-state index in [0.29, 0.717) is 0 Å². The van der Waals surface area contributed by atoms with Gasteiger partial charge in [-0.05, 0) is 95.9 Å². The van der Waals surface area contributed by atoms with Gasteiger partial charge in [0.15, 0.2) is 0 Å². The van der Waals surface area contributed by atoms with Gasteiger partial charge in [-0.25, -0.2) is 0 Å². The van der Waals surface area contributed by atoms with Crippen LogP contribution in [-0.4, -0.2) is 113 Å². The van der Waals surface area contributed by atoms with Crippen LogP contribution >= 0.6 is 0 Å². The summed E-state index contributed by atoms with van der Waals surface area (Å²) in [5, 5.41) is 0. The predicted molar refractivity (Wildman–Crippen MR) is 111 cm³/mol. The van der Waals surface area contributed by atoms with E-state index in [4.69, 9.17) is 4.74 Å². The molecule has 0 rings (SSSR count). The highest BCUT2D eigenvalue weighted by molar-refractivity contribution is 4.86. The molecule has 0 unspecified atom stereocenters. The van der Waals surface area contributed by atoms with Crippen LogP contribution in [-0.2, 0) is 4.74 Å². The monoisotopic (exact) mass is 358 g/mol. The molecule has 25 heavy (non-hydrogen) atoms. The summed E-state index contributed by atoms with van der Waals surface area (Å²) in [6.45, 7) is 8.85. The molecule has 0 saturated carbocycles. The Labute approximate surface area is 158 Å². The molecule has 0 aliphatic rings. The molecule has 0 saturated heterocycles. The average Bonchev–Trinajstić information content (AvgIpc) is 2.48. The first kappa shape index (κ1) is 24.8. The molecule has 0 aliphatic heterocycles. The maximum absolute atomic E-state index is 6.92. The molecule has 152 valence electrons. The first-order chi connectivity index (χ1) is 11.4. The highest BCUT2D eigenvalue weighted by Gasteiger charge is 2.35. The Morgan fingerprint density at radius 2 is 0.680 bits per heavy atom. The van der Waals surface area contributed by atoms with Crippen LogP contribution in [0.5, 0.6) is 0 Å². The molecule has 0 aromatic carbocycles. The van der Waals surface area contributed by atoms with Crippen LogP contribution in [0.2, 0.25) is 0 Å². The van der Waals surface area contributed by atoms with Crippen molar-refractivity contribution < 1.29 is 4.74 Å². The van der Waals surface area contributed by atoms with Gasteiger partial charge in [-0.2, -0.15) is 0 Å². The van der Waals surface area contributed by atoms with Crippen molar-refractivity contribution in [2.24, 2.45) is 0 Å². The van der Waals surface area contributed by atoms with Crippen LogP contribution < -0.4 is 0 Å². The SMILES string of the molecule is CN(C)CCC(C)(CCN(C)C)OC(C)(CCN(C)C)CCN(C)C. The van der Waals surface area contributed by atoms with E-state index in [1.54, 1.807) is 0 Å². The van der Waals surface area contributed by atoms with E-state index in [-0.39, 0.29) is 11.2 Å². The molecule has 0 atom stereocenters. The van der Waals surface area contributed by atoms with Crippen LogP contribution in [0.15, 0.2) is 0 Å². The lowest BCUT2D eigenvalue weighted by molar-refractivity contribution is -0.159. The molecule has 5 nitrogen and oxygen atoms in total. The molecule has 0 heterocycles. The Bertz CT molecular complexity index is 287. The van der Waals surface area contributed by atoms with Crippen LogP contribution in [0.25, 0.3) is 0 Å². The maximum Gasteiger partial charge on any atom is 0.0686 e. The Morgan fingerprint density at radius 3 is 0.840 bits per heavy atom. The number of nitrogens with zero attached hydrogens (tertiary/aromatic N) is 4. The predicted octanol–water partition coefficient (Wildman–Crippen LogP) is 2.33.